The van der Waals surface area contributed by atoms with Crippen molar-refractivity contribution in [2.75, 3.05) is 0 Å². The number of nitrogens with zero attached hydrogens (tertiary/aromatic N) is 1. The van der Waals surface area contributed by atoms with Gasteiger partial charge in [0.25, 0.3) is 0 Å². The highest BCUT2D eigenvalue weighted by Crippen LogP contribution is 2.11. The first-order valence-corrected chi connectivity index (χ1v) is 5.28. The van der Waals surface area contributed by atoms with E-state index in [1.165, 1.54) is 11.1 Å². The van der Waals surface area contributed by atoms with Gasteiger partial charge in [0.2, 0.25) is 0 Å². The lowest BCUT2D eigenvalue weighted by Gasteiger charge is -2.01. The van der Waals surface area contributed by atoms with Crippen LogP contribution in [0.15, 0.2) is 42.6 Å². The van der Waals surface area contributed by atoms with Gasteiger partial charge >= 0.3 is 0 Å². The zero-order valence-electron chi connectivity index (χ0n) is 8.57. The van der Waals surface area contributed by atoms with Gasteiger partial charge in [-0.3, -0.25) is 4.98 Å². The molecule has 1 aromatic carbocycles. The normalized spacial score (nSPS) is 10.3. The van der Waals surface area contributed by atoms with Crippen LogP contribution < -0.4 is 0 Å². The fourth-order valence-electron chi connectivity index (χ4n) is 1.43. The molecule has 0 aliphatic carbocycles. The molecule has 0 fully saturated rings. The maximum absolute atomic E-state index is 5.77. The summed E-state index contributed by atoms with van der Waals surface area (Å²) in [6, 6.07) is 12.3. The third kappa shape index (κ3) is 2.80. The summed E-state index contributed by atoms with van der Waals surface area (Å²) >= 11 is 5.77. The quantitative estimate of drug-likeness (QED) is 0.749. The van der Waals surface area contributed by atoms with E-state index in [4.69, 9.17) is 11.6 Å². The zero-order valence-corrected chi connectivity index (χ0v) is 9.33. The molecule has 1 nitrogen and oxygen atoms in total. The molecule has 0 saturated heterocycles. The molecule has 0 N–H and O–H groups in total. The Labute approximate surface area is 94.7 Å². The SMILES string of the molecule is Cc1ccc(Cc2ccc(Cl)cn2)cc1. The van der Waals surface area contributed by atoms with E-state index in [9.17, 15) is 0 Å². The van der Waals surface area contributed by atoms with Crippen LogP contribution in [0, 0.1) is 6.92 Å². The van der Waals surface area contributed by atoms with Gasteiger partial charge in [0.15, 0.2) is 0 Å². The number of hydrogen-bond acceptors (Lipinski definition) is 1. The topological polar surface area (TPSA) is 12.9 Å². The van der Waals surface area contributed by atoms with Gasteiger partial charge in [-0.15, -0.1) is 0 Å². The van der Waals surface area contributed by atoms with Gasteiger partial charge in [-0.25, -0.2) is 0 Å². The minimum Gasteiger partial charge on any atom is -0.259 e. The predicted octanol–water partition coefficient (Wildman–Crippen LogP) is 3.63. The minimum absolute atomic E-state index is 0.683. The molecule has 0 atom stereocenters. The Balaban J connectivity index is 2.15. The van der Waals surface area contributed by atoms with E-state index in [0.29, 0.717) is 5.02 Å². The van der Waals surface area contributed by atoms with Crippen LogP contribution in [0.1, 0.15) is 16.8 Å². The first kappa shape index (κ1) is 10.2. The van der Waals surface area contributed by atoms with Gasteiger partial charge in [0, 0.05) is 18.3 Å². The smallest absolute Gasteiger partial charge is 0.0589 e. The van der Waals surface area contributed by atoms with E-state index in [0.717, 1.165) is 12.1 Å². The van der Waals surface area contributed by atoms with Crippen molar-refractivity contribution in [1.29, 1.82) is 0 Å². The van der Waals surface area contributed by atoms with Gasteiger partial charge in [0.1, 0.15) is 0 Å². The standard InChI is InChI=1S/C13H12ClN/c1-10-2-4-11(5-3-10)8-13-7-6-12(14)9-15-13/h2-7,9H,8H2,1H3. The Morgan fingerprint density at radius 2 is 1.80 bits per heavy atom. The Morgan fingerprint density at radius 3 is 2.40 bits per heavy atom. The molecule has 76 valence electrons. The summed E-state index contributed by atoms with van der Waals surface area (Å²) in [5, 5.41) is 0.683. The molecule has 2 aromatic rings. The summed E-state index contributed by atoms with van der Waals surface area (Å²) < 4.78 is 0. The predicted molar refractivity (Wildman–Crippen MR) is 63.2 cm³/mol. The second kappa shape index (κ2) is 4.45. The van der Waals surface area contributed by atoms with Crippen molar-refractivity contribution in [2.45, 2.75) is 13.3 Å². The fraction of sp³-hybridized carbons (Fsp3) is 0.154. The molecule has 0 amide bonds. The maximum atomic E-state index is 5.77. The number of aromatic nitrogens is 1. The first-order valence-electron chi connectivity index (χ1n) is 4.90. The summed E-state index contributed by atoms with van der Waals surface area (Å²) in [7, 11) is 0. The van der Waals surface area contributed by atoms with Gasteiger partial charge in [-0.05, 0) is 24.6 Å². The van der Waals surface area contributed by atoms with Crippen LogP contribution in [0.25, 0.3) is 0 Å². The minimum atomic E-state index is 0.683. The summed E-state index contributed by atoms with van der Waals surface area (Å²) in [6.07, 6.45) is 2.54. The number of halogens is 1. The number of pyridine rings is 1. The Bertz CT molecular complexity index is 388. The van der Waals surface area contributed by atoms with E-state index in [1.807, 2.05) is 12.1 Å². The molecule has 2 heteroatoms. The number of aryl methyl sites for hydroxylation is 1. The average molecular weight is 218 g/mol. The van der Waals surface area contributed by atoms with Crippen molar-refractivity contribution in [3.05, 3.63) is 64.4 Å². The highest BCUT2D eigenvalue weighted by molar-refractivity contribution is 6.30. The van der Waals surface area contributed by atoms with E-state index >= 15 is 0 Å². The van der Waals surface area contributed by atoms with Gasteiger partial charge < -0.3 is 0 Å². The molecular weight excluding hydrogens is 206 g/mol. The van der Waals surface area contributed by atoms with Crippen LogP contribution in [-0.2, 0) is 6.42 Å². The molecule has 0 aliphatic rings. The van der Waals surface area contributed by atoms with Crippen LogP contribution in [0.2, 0.25) is 5.02 Å². The van der Waals surface area contributed by atoms with E-state index in [-0.39, 0.29) is 0 Å². The highest BCUT2D eigenvalue weighted by atomic mass is 35.5. The highest BCUT2D eigenvalue weighted by Gasteiger charge is 1.97. The summed E-state index contributed by atoms with van der Waals surface area (Å²) in [6.45, 7) is 2.09. The molecule has 1 aromatic heterocycles. The monoisotopic (exact) mass is 217 g/mol. The lowest BCUT2D eigenvalue weighted by Crippen LogP contribution is -1.91. The molecule has 2 rings (SSSR count). The molecule has 1 heterocycles. The van der Waals surface area contributed by atoms with Crippen molar-refractivity contribution in [3.8, 4) is 0 Å². The summed E-state index contributed by atoms with van der Waals surface area (Å²) in [5.74, 6) is 0. The molecule has 0 bridgehead atoms. The van der Waals surface area contributed by atoms with E-state index in [2.05, 4.69) is 36.2 Å². The molecule has 0 saturated carbocycles. The van der Waals surface area contributed by atoms with Crippen LogP contribution in [0.3, 0.4) is 0 Å². The second-order valence-corrected chi connectivity index (χ2v) is 4.07. The lowest BCUT2D eigenvalue weighted by molar-refractivity contribution is 1.07. The van der Waals surface area contributed by atoms with Crippen molar-refractivity contribution < 1.29 is 0 Å². The molecule has 0 unspecified atom stereocenters. The van der Waals surface area contributed by atoms with Crippen molar-refractivity contribution in [2.24, 2.45) is 0 Å². The third-order valence-electron chi connectivity index (χ3n) is 2.29. The Kier molecular flexibility index (Phi) is 3.02. The van der Waals surface area contributed by atoms with E-state index < -0.39 is 0 Å². The van der Waals surface area contributed by atoms with Crippen molar-refractivity contribution >= 4 is 11.6 Å². The van der Waals surface area contributed by atoms with Crippen molar-refractivity contribution in [1.82, 2.24) is 4.98 Å². The fourth-order valence-corrected chi connectivity index (χ4v) is 1.54. The Hall–Kier alpha value is -1.34. The molecule has 0 spiro atoms. The van der Waals surface area contributed by atoms with Crippen LogP contribution in [-0.4, -0.2) is 4.98 Å². The molecule has 0 aliphatic heterocycles. The number of rotatable bonds is 2. The summed E-state index contributed by atoms with van der Waals surface area (Å²) in [5.41, 5.74) is 3.60. The van der Waals surface area contributed by atoms with Crippen LogP contribution in [0.5, 0.6) is 0 Å². The van der Waals surface area contributed by atoms with Crippen LogP contribution in [0.4, 0.5) is 0 Å². The molecule has 15 heavy (non-hydrogen) atoms. The lowest BCUT2D eigenvalue weighted by atomic mass is 10.1. The maximum Gasteiger partial charge on any atom is 0.0589 e. The summed E-state index contributed by atoms with van der Waals surface area (Å²) in [4.78, 5) is 4.26. The first-order chi connectivity index (χ1) is 7.24. The van der Waals surface area contributed by atoms with E-state index in [1.54, 1.807) is 6.20 Å². The zero-order chi connectivity index (χ0) is 10.7. The van der Waals surface area contributed by atoms with Gasteiger partial charge in [0.05, 0.1) is 5.02 Å². The number of benzene rings is 1. The third-order valence-corrected chi connectivity index (χ3v) is 2.52. The van der Waals surface area contributed by atoms with Gasteiger partial charge in [-0.2, -0.15) is 0 Å². The van der Waals surface area contributed by atoms with Crippen molar-refractivity contribution in [3.63, 3.8) is 0 Å². The average Bonchev–Trinajstić information content (AvgIpc) is 2.25. The largest absolute Gasteiger partial charge is 0.259 e. The number of hydrogen-bond donors (Lipinski definition) is 0. The van der Waals surface area contributed by atoms with Gasteiger partial charge in [-0.1, -0.05) is 41.4 Å². The van der Waals surface area contributed by atoms with Crippen LogP contribution >= 0.6 is 11.6 Å². The molecular formula is C13H12ClN. The Morgan fingerprint density at radius 1 is 1.07 bits per heavy atom. The molecule has 0 radical (unpaired) electrons. The second-order valence-electron chi connectivity index (χ2n) is 3.63.